The Morgan fingerprint density at radius 1 is 1.40 bits per heavy atom. The van der Waals surface area contributed by atoms with Gasteiger partial charge in [0.25, 0.3) is 0 Å². The quantitative estimate of drug-likeness (QED) is 0.879. The molecule has 2 aromatic rings. The molecule has 0 fully saturated rings. The van der Waals surface area contributed by atoms with Crippen molar-refractivity contribution in [3.63, 3.8) is 0 Å². The third-order valence-corrected chi connectivity index (χ3v) is 3.52. The van der Waals surface area contributed by atoms with E-state index >= 15 is 0 Å². The fourth-order valence-corrected chi connectivity index (χ4v) is 2.41. The summed E-state index contributed by atoms with van der Waals surface area (Å²) < 4.78 is 7.10. The van der Waals surface area contributed by atoms with E-state index in [9.17, 15) is 0 Å². The van der Waals surface area contributed by atoms with Crippen LogP contribution in [0.25, 0.3) is 0 Å². The summed E-state index contributed by atoms with van der Waals surface area (Å²) in [6.07, 6.45) is 3.07. The lowest BCUT2D eigenvalue weighted by Crippen LogP contribution is -2.21. The molecule has 0 spiro atoms. The lowest BCUT2D eigenvalue weighted by atomic mass is 10.1. The molecular weight excluding hydrogens is 250 g/mol. The fraction of sp³-hybridized carbons (Fsp3) is 0.438. The Labute approximate surface area is 120 Å². The smallest absolute Gasteiger partial charge is 0.119 e. The molecule has 2 rings (SSSR count). The number of aryl methyl sites for hydroxylation is 2. The first-order chi connectivity index (χ1) is 9.60. The third-order valence-electron chi connectivity index (χ3n) is 3.52. The molecule has 20 heavy (non-hydrogen) atoms. The second-order valence-corrected chi connectivity index (χ2v) is 5.12. The van der Waals surface area contributed by atoms with Gasteiger partial charge < -0.3 is 10.1 Å². The SMILES string of the molecule is COc1cccc(CCNC(C)c2cn(C)nc2C)c1. The minimum Gasteiger partial charge on any atom is -0.497 e. The summed E-state index contributed by atoms with van der Waals surface area (Å²) in [5.41, 5.74) is 3.64. The molecule has 4 nitrogen and oxygen atoms in total. The highest BCUT2D eigenvalue weighted by Crippen LogP contribution is 2.16. The molecular formula is C16H23N3O. The van der Waals surface area contributed by atoms with Gasteiger partial charge in [-0.2, -0.15) is 5.10 Å². The molecule has 0 saturated heterocycles. The van der Waals surface area contributed by atoms with E-state index in [4.69, 9.17) is 4.74 Å². The molecule has 1 aromatic carbocycles. The summed E-state index contributed by atoms with van der Waals surface area (Å²) in [5.74, 6) is 0.915. The molecule has 4 heteroatoms. The Bertz CT molecular complexity index is 563. The maximum absolute atomic E-state index is 5.24. The van der Waals surface area contributed by atoms with Gasteiger partial charge in [-0.1, -0.05) is 12.1 Å². The molecule has 1 N–H and O–H groups in total. The molecule has 0 saturated carbocycles. The average molecular weight is 273 g/mol. The maximum Gasteiger partial charge on any atom is 0.119 e. The minimum absolute atomic E-state index is 0.314. The van der Waals surface area contributed by atoms with E-state index in [1.165, 1.54) is 11.1 Å². The molecule has 1 unspecified atom stereocenters. The highest BCUT2D eigenvalue weighted by Gasteiger charge is 2.10. The van der Waals surface area contributed by atoms with Crippen molar-refractivity contribution < 1.29 is 4.74 Å². The lowest BCUT2D eigenvalue weighted by molar-refractivity contribution is 0.414. The van der Waals surface area contributed by atoms with E-state index in [0.29, 0.717) is 6.04 Å². The van der Waals surface area contributed by atoms with Gasteiger partial charge in [0.1, 0.15) is 5.75 Å². The number of nitrogens with one attached hydrogen (secondary N) is 1. The van der Waals surface area contributed by atoms with E-state index in [0.717, 1.165) is 24.4 Å². The predicted octanol–water partition coefficient (Wildman–Crippen LogP) is 2.63. The van der Waals surface area contributed by atoms with Crippen LogP contribution in [0, 0.1) is 6.92 Å². The van der Waals surface area contributed by atoms with Crippen molar-refractivity contribution in [2.75, 3.05) is 13.7 Å². The first-order valence-electron chi connectivity index (χ1n) is 6.96. The molecule has 108 valence electrons. The monoisotopic (exact) mass is 273 g/mol. The molecule has 0 aliphatic heterocycles. The number of aromatic nitrogens is 2. The van der Waals surface area contributed by atoms with Crippen LogP contribution in [0.2, 0.25) is 0 Å². The van der Waals surface area contributed by atoms with E-state index < -0.39 is 0 Å². The highest BCUT2D eigenvalue weighted by molar-refractivity contribution is 5.28. The molecule has 1 heterocycles. The summed E-state index contributed by atoms with van der Waals surface area (Å²) in [7, 11) is 3.66. The van der Waals surface area contributed by atoms with Crippen LogP contribution >= 0.6 is 0 Å². The summed E-state index contributed by atoms with van der Waals surface area (Å²) in [6.45, 7) is 5.16. The predicted molar refractivity (Wildman–Crippen MR) is 81.1 cm³/mol. The van der Waals surface area contributed by atoms with E-state index in [-0.39, 0.29) is 0 Å². The van der Waals surface area contributed by atoms with Crippen molar-refractivity contribution in [1.29, 1.82) is 0 Å². The molecule has 0 radical (unpaired) electrons. The molecule has 1 aromatic heterocycles. The number of hydrogen-bond donors (Lipinski definition) is 1. The second-order valence-electron chi connectivity index (χ2n) is 5.12. The fourth-order valence-electron chi connectivity index (χ4n) is 2.41. The summed E-state index contributed by atoms with van der Waals surface area (Å²) in [5, 5.41) is 7.93. The molecule has 1 atom stereocenters. The van der Waals surface area contributed by atoms with E-state index in [1.807, 2.05) is 23.9 Å². The van der Waals surface area contributed by atoms with Gasteiger partial charge in [-0.15, -0.1) is 0 Å². The van der Waals surface area contributed by atoms with Gasteiger partial charge in [-0.05, 0) is 44.5 Å². The van der Waals surface area contributed by atoms with E-state index in [2.05, 4.69) is 42.6 Å². The van der Waals surface area contributed by atoms with Gasteiger partial charge in [0, 0.05) is 24.8 Å². The summed E-state index contributed by atoms with van der Waals surface area (Å²) in [4.78, 5) is 0. The standard InChI is InChI=1S/C16H23N3O/c1-12(16-11-19(3)18-13(16)2)17-9-8-14-6-5-7-15(10-14)20-4/h5-7,10-12,17H,8-9H2,1-4H3. The molecule has 0 amide bonds. The van der Waals surface area contributed by atoms with Crippen LogP contribution < -0.4 is 10.1 Å². The molecule has 0 aliphatic carbocycles. The zero-order chi connectivity index (χ0) is 14.5. The summed E-state index contributed by atoms with van der Waals surface area (Å²) in [6, 6.07) is 8.53. The zero-order valence-electron chi connectivity index (χ0n) is 12.7. The largest absolute Gasteiger partial charge is 0.497 e. The number of ether oxygens (including phenoxy) is 1. The van der Waals surface area contributed by atoms with Crippen LogP contribution in [0.4, 0.5) is 0 Å². The van der Waals surface area contributed by atoms with Crippen LogP contribution in [0.3, 0.4) is 0 Å². The van der Waals surface area contributed by atoms with Gasteiger partial charge in [0.15, 0.2) is 0 Å². The lowest BCUT2D eigenvalue weighted by Gasteiger charge is -2.13. The van der Waals surface area contributed by atoms with Crippen LogP contribution in [0.15, 0.2) is 30.5 Å². The molecule has 0 aliphatic rings. The zero-order valence-corrected chi connectivity index (χ0v) is 12.7. The van der Waals surface area contributed by atoms with Gasteiger partial charge >= 0.3 is 0 Å². The Hall–Kier alpha value is -1.81. The Kier molecular flexibility index (Phi) is 4.79. The van der Waals surface area contributed by atoms with Crippen molar-refractivity contribution in [2.24, 2.45) is 7.05 Å². The van der Waals surface area contributed by atoms with Crippen LogP contribution in [0.1, 0.15) is 29.8 Å². The van der Waals surface area contributed by atoms with Gasteiger partial charge in [-0.3, -0.25) is 4.68 Å². The van der Waals surface area contributed by atoms with Crippen molar-refractivity contribution in [2.45, 2.75) is 26.3 Å². The normalized spacial score (nSPS) is 12.4. The highest BCUT2D eigenvalue weighted by atomic mass is 16.5. The number of hydrogen-bond acceptors (Lipinski definition) is 3. The minimum atomic E-state index is 0.314. The summed E-state index contributed by atoms with van der Waals surface area (Å²) >= 11 is 0. The van der Waals surface area contributed by atoms with Crippen LogP contribution in [0.5, 0.6) is 5.75 Å². The van der Waals surface area contributed by atoms with Crippen LogP contribution in [-0.4, -0.2) is 23.4 Å². The maximum atomic E-state index is 5.24. The second kappa shape index (κ2) is 6.57. The van der Waals surface area contributed by atoms with Crippen molar-refractivity contribution >= 4 is 0 Å². The Morgan fingerprint density at radius 2 is 2.20 bits per heavy atom. The van der Waals surface area contributed by atoms with Crippen molar-refractivity contribution in [1.82, 2.24) is 15.1 Å². The number of benzene rings is 1. The Balaban J connectivity index is 1.87. The van der Waals surface area contributed by atoms with Crippen molar-refractivity contribution in [3.05, 3.63) is 47.3 Å². The molecule has 0 bridgehead atoms. The number of rotatable bonds is 6. The third kappa shape index (κ3) is 3.61. The Morgan fingerprint density at radius 3 is 2.85 bits per heavy atom. The van der Waals surface area contributed by atoms with Gasteiger partial charge in [-0.25, -0.2) is 0 Å². The first-order valence-corrected chi connectivity index (χ1v) is 6.96. The van der Waals surface area contributed by atoms with Gasteiger partial charge in [0.05, 0.1) is 12.8 Å². The topological polar surface area (TPSA) is 39.1 Å². The van der Waals surface area contributed by atoms with Crippen LogP contribution in [-0.2, 0) is 13.5 Å². The average Bonchev–Trinajstić information content (AvgIpc) is 2.78. The van der Waals surface area contributed by atoms with Crippen molar-refractivity contribution in [3.8, 4) is 5.75 Å². The van der Waals surface area contributed by atoms with Gasteiger partial charge in [0.2, 0.25) is 0 Å². The number of methoxy groups -OCH3 is 1. The van der Waals surface area contributed by atoms with E-state index in [1.54, 1.807) is 7.11 Å². The first kappa shape index (κ1) is 14.6. The number of nitrogens with zero attached hydrogens (tertiary/aromatic N) is 2.